The van der Waals surface area contributed by atoms with Crippen molar-refractivity contribution in [2.24, 2.45) is 0 Å². The van der Waals surface area contributed by atoms with Crippen LogP contribution in [0.2, 0.25) is 0 Å². The number of nitrogens with zero attached hydrogens (tertiary/aromatic N) is 2. The maximum absolute atomic E-state index is 13.3. The number of carbonyl (C=O) groups excluding carboxylic acids is 1. The van der Waals surface area contributed by atoms with Gasteiger partial charge in [0.2, 0.25) is 0 Å². The van der Waals surface area contributed by atoms with Crippen LogP contribution >= 0.6 is 6.60 Å². The molecule has 1 aromatic heterocycles. The van der Waals surface area contributed by atoms with Crippen LogP contribution in [0.15, 0.2) is 114 Å². The van der Waals surface area contributed by atoms with E-state index in [4.69, 9.17) is 0 Å². The number of Topliss-reactive ketones (excluding diaryl/α,β-unsaturated/α-hetero) is 1. The first kappa shape index (κ1) is 22.0. The summed E-state index contributed by atoms with van der Waals surface area (Å²) >= 11 is 0. The van der Waals surface area contributed by atoms with E-state index < -0.39 is 6.60 Å². The standard InChI is InChI=1S/C29H26N3OP/c30-21-27(29(33)28-18-19-31-32-28)23-11-10-20-34(22-23,24-12-4-1-5-13-24,25-14-6-2-7-15-25)26-16-8-3-9-17-26/h1-9,12-19H,10-11,20,22H2,(H,31,32)/b27-23+. The molecular weight excluding hydrogens is 437 g/mol. The molecule has 5 heteroatoms. The molecule has 168 valence electrons. The van der Waals surface area contributed by atoms with Gasteiger partial charge in [-0.05, 0) is 0 Å². The predicted octanol–water partition coefficient (Wildman–Crippen LogP) is 4.74. The second-order valence-electron chi connectivity index (χ2n) is 8.89. The van der Waals surface area contributed by atoms with Crippen molar-refractivity contribution in [2.45, 2.75) is 12.8 Å². The number of H-pyrrole nitrogens is 1. The maximum atomic E-state index is 13.3. The molecule has 0 aliphatic carbocycles. The third-order valence-electron chi connectivity index (χ3n) is 7.25. The summed E-state index contributed by atoms with van der Waals surface area (Å²) in [4.78, 5) is 13.3. The predicted molar refractivity (Wildman–Crippen MR) is 140 cm³/mol. The Bertz CT molecular complexity index is 1270. The van der Waals surface area contributed by atoms with Crippen LogP contribution in [0.4, 0.5) is 0 Å². The molecule has 0 bridgehead atoms. The molecule has 1 aliphatic heterocycles. The minimum absolute atomic E-state index is 0.251. The number of ketones is 1. The molecule has 1 fully saturated rings. The van der Waals surface area contributed by atoms with E-state index in [1.807, 2.05) is 0 Å². The zero-order chi connectivity index (χ0) is 23.5. The van der Waals surface area contributed by atoms with Crippen LogP contribution in [0.3, 0.4) is 0 Å². The van der Waals surface area contributed by atoms with Gasteiger partial charge >= 0.3 is 200 Å². The zero-order valence-corrected chi connectivity index (χ0v) is 19.8. The first-order chi connectivity index (χ1) is 16.7. The average molecular weight is 464 g/mol. The molecule has 4 aromatic rings. The van der Waals surface area contributed by atoms with E-state index in [-0.39, 0.29) is 11.4 Å². The Balaban J connectivity index is 1.84. The number of hydrogen-bond donors (Lipinski definition) is 1. The number of rotatable bonds is 5. The van der Waals surface area contributed by atoms with Gasteiger partial charge in [0.1, 0.15) is 0 Å². The molecule has 0 atom stereocenters. The van der Waals surface area contributed by atoms with Crippen LogP contribution in [0.1, 0.15) is 23.3 Å². The van der Waals surface area contributed by atoms with Crippen molar-refractivity contribution in [1.29, 1.82) is 5.26 Å². The van der Waals surface area contributed by atoms with Crippen molar-refractivity contribution < 1.29 is 4.79 Å². The number of nitrogens with one attached hydrogen (secondary N) is 1. The molecule has 0 saturated carbocycles. The van der Waals surface area contributed by atoms with E-state index in [0.29, 0.717) is 11.9 Å². The summed E-state index contributed by atoms with van der Waals surface area (Å²) in [6, 6.07) is 36.1. The Morgan fingerprint density at radius 3 is 1.79 bits per heavy atom. The summed E-state index contributed by atoms with van der Waals surface area (Å²) in [6.45, 7) is -3.04. The topological polar surface area (TPSA) is 69.5 Å². The minimum atomic E-state index is -3.04. The molecule has 0 spiro atoms. The van der Waals surface area contributed by atoms with Crippen LogP contribution in [0, 0.1) is 11.3 Å². The average Bonchev–Trinajstić information content (AvgIpc) is 3.46. The summed E-state index contributed by atoms with van der Waals surface area (Å²) in [5.74, 6) is -0.275. The van der Waals surface area contributed by atoms with Crippen molar-refractivity contribution in [3.8, 4) is 6.07 Å². The van der Waals surface area contributed by atoms with Gasteiger partial charge in [-0.2, -0.15) is 0 Å². The van der Waals surface area contributed by atoms with E-state index in [1.165, 1.54) is 15.9 Å². The van der Waals surface area contributed by atoms with Crippen LogP contribution in [0.25, 0.3) is 0 Å². The third kappa shape index (κ3) is 3.33. The molecule has 2 heterocycles. The molecule has 0 radical (unpaired) electrons. The monoisotopic (exact) mass is 463 g/mol. The number of aromatic amines is 1. The number of hydrogen-bond acceptors (Lipinski definition) is 3. The first-order valence-electron chi connectivity index (χ1n) is 11.5. The Morgan fingerprint density at radius 2 is 1.35 bits per heavy atom. The molecule has 5 rings (SSSR count). The van der Waals surface area contributed by atoms with Crippen LogP contribution in [-0.2, 0) is 0 Å². The fourth-order valence-corrected chi connectivity index (χ4v) is 12.8. The number of benzene rings is 3. The molecule has 1 N–H and O–H groups in total. The van der Waals surface area contributed by atoms with Crippen LogP contribution < -0.4 is 15.9 Å². The fraction of sp³-hybridized carbons (Fsp3) is 0.138. The molecule has 34 heavy (non-hydrogen) atoms. The van der Waals surface area contributed by atoms with Crippen molar-refractivity contribution in [1.82, 2.24) is 10.2 Å². The SMILES string of the molecule is N#C/C(C(=O)c1ccn[nH]1)=C1/CCCP(c2ccccc2)(c2ccccc2)(c2ccccc2)C1. The van der Waals surface area contributed by atoms with E-state index in [2.05, 4.69) is 107 Å². The van der Waals surface area contributed by atoms with Gasteiger partial charge in [-0.15, -0.1) is 0 Å². The van der Waals surface area contributed by atoms with E-state index >= 15 is 0 Å². The number of aromatic nitrogens is 2. The molecule has 0 amide bonds. The first-order valence-corrected chi connectivity index (χ1v) is 14.1. The van der Waals surface area contributed by atoms with Gasteiger partial charge in [0, 0.05) is 0 Å². The second kappa shape index (κ2) is 8.86. The van der Waals surface area contributed by atoms with Gasteiger partial charge in [0.15, 0.2) is 0 Å². The van der Waals surface area contributed by atoms with Crippen molar-refractivity contribution in [3.63, 3.8) is 0 Å². The number of carbonyl (C=O) groups is 1. The molecule has 1 aliphatic rings. The second-order valence-corrected chi connectivity index (χ2v) is 14.2. The van der Waals surface area contributed by atoms with Crippen molar-refractivity contribution in [2.75, 3.05) is 12.3 Å². The van der Waals surface area contributed by atoms with E-state index in [9.17, 15) is 10.1 Å². The summed E-state index contributed by atoms with van der Waals surface area (Å²) in [5, 5.41) is 20.7. The van der Waals surface area contributed by atoms with Gasteiger partial charge < -0.3 is 0 Å². The molecule has 0 unspecified atom stereocenters. The summed E-state index contributed by atoms with van der Waals surface area (Å²) in [5.41, 5.74) is 1.55. The van der Waals surface area contributed by atoms with Crippen LogP contribution in [0.5, 0.6) is 0 Å². The number of nitriles is 1. The normalized spacial score (nSPS) is 19.2. The van der Waals surface area contributed by atoms with E-state index in [0.717, 1.165) is 24.6 Å². The molecule has 3 aromatic carbocycles. The van der Waals surface area contributed by atoms with Gasteiger partial charge in [0.05, 0.1) is 0 Å². The van der Waals surface area contributed by atoms with Gasteiger partial charge in [-0.3, -0.25) is 0 Å². The Morgan fingerprint density at radius 1 is 0.824 bits per heavy atom. The molecule has 4 nitrogen and oxygen atoms in total. The summed E-state index contributed by atoms with van der Waals surface area (Å²) in [6.07, 6.45) is 4.89. The summed E-state index contributed by atoms with van der Waals surface area (Å²) in [7, 11) is 0. The van der Waals surface area contributed by atoms with E-state index in [1.54, 1.807) is 12.3 Å². The summed E-state index contributed by atoms with van der Waals surface area (Å²) < 4.78 is 0. The van der Waals surface area contributed by atoms with Crippen molar-refractivity contribution >= 4 is 28.3 Å². The van der Waals surface area contributed by atoms with Crippen molar-refractivity contribution in [3.05, 3.63) is 120 Å². The number of allylic oxidation sites excluding steroid dienone is 2. The van der Waals surface area contributed by atoms with Gasteiger partial charge in [0.25, 0.3) is 0 Å². The third-order valence-corrected chi connectivity index (χ3v) is 14.3. The van der Waals surface area contributed by atoms with Gasteiger partial charge in [-0.1, -0.05) is 0 Å². The molecular formula is C29H26N3OP. The Hall–Kier alpha value is -3.80. The van der Waals surface area contributed by atoms with Crippen LogP contribution in [-0.4, -0.2) is 28.3 Å². The quantitative estimate of drug-likeness (QED) is 0.201. The molecule has 1 saturated heterocycles. The Kier molecular flexibility index (Phi) is 5.74. The zero-order valence-electron chi connectivity index (χ0n) is 18.9. The fourth-order valence-electron chi connectivity index (χ4n) is 5.70. The van der Waals surface area contributed by atoms with Gasteiger partial charge in [-0.25, -0.2) is 0 Å². The Labute approximate surface area is 199 Å².